The second kappa shape index (κ2) is 10.8. The Morgan fingerprint density at radius 1 is 1.22 bits per heavy atom. The van der Waals surface area contributed by atoms with E-state index < -0.39 is 61.3 Å². The van der Waals surface area contributed by atoms with Crippen molar-refractivity contribution in [3.63, 3.8) is 0 Å². The van der Waals surface area contributed by atoms with Crippen LogP contribution in [0.25, 0.3) is 11.4 Å². The van der Waals surface area contributed by atoms with Gasteiger partial charge in [0.15, 0.2) is 17.7 Å². The first-order valence-corrected chi connectivity index (χ1v) is 11.1. The Morgan fingerprint density at radius 3 is 2.54 bits per heavy atom. The Balaban J connectivity index is 0.00000380. The zero-order valence-electron chi connectivity index (χ0n) is 19.3. The first-order chi connectivity index (χ1) is 16.9. The van der Waals surface area contributed by atoms with Crippen molar-refractivity contribution >= 4 is 24.2 Å². The molecule has 0 aromatic carbocycles. The van der Waals surface area contributed by atoms with E-state index in [0.717, 1.165) is 0 Å². The van der Waals surface area contributed by atoms with E-state index >= 15 is 0 Å². The summed E-state index contributed by atoms with van der Waals surface area (Å²) in [6, 6.07) is 1.86. The predicted molar refractivity (Wildman–Crippen MR) is 121 cm³/mol. The van der Waals surface area contributed by atoms with Gasteiger partial charge in [-0.25, -0.2) is 18.7 Å². The molecule has 2 amide bonds. The number of nitrogens with zero attached hydrogens (tertiary/aromatic N) is 5. The van der Waals surface area contributed by atoms with Gasteiger partial charge in [-0.15, -0.1) is 12.4 Å². The largest absolute Gasteiger partial charge is 0.433 e. The third-order valence-electron chi connectivity index (χ3n) is 6.16. The van der Waals surface area contributed by atoms with Gasteiger partial charge in [0.25, 0.3) is 5.92 Å². The summed E-state index contributed by atoms with van der Waals surface area (Å²) in [6.45, 7) is -0.755. The second-order valence-corrected chi connectivity index (χ2v) is 8.77. The Hall–Kier alpha value is -2.97. The number of alkyl halides is 5. The van der Waals surface area contributed by atoms with Crippen molar-refractivity contribution < 1.29 is 36.6 Å². The zero-order chi connectivity index (χ0) is 26.3. The molecule has 4 heterocycles. The maximum Gasteiger partial charge on any atom is 0.433 e. The van der Waals surface area contributed by atoms with Crippen LogP contribution in [0.5, 0.6) is 0 Å². The number of rotatable bonds is 5. The Kier molecular flexibility index (Phi) is 8.34. The standard InChI is InChI=1S/C22H23F5N6O3.ClH/c23-21(24)5-1-16(34)33(20(21)36)10-13(28)9-17(35)32-8-4-14-15(11-32)30-19(12-2-6-29-7-3-12)31-18(14)22(25,26)27;/h2-3,6-7,13,20,36H,1,4-5,8-11,28H2;1H/t13-,20?;/m0./s1. The van der Waals surface area contributed by atoms with E-state index in [4.69, 9.17) is 5.73 Å². The van der Waals surface area contributed by atoms with E-state index in [1.807, 2.05) is 0 Å². The van der Waals surface area contributed by atoms with Gasteiger partial charge < -0.3 is 20.6 Å². The molecule has 0 bridgehead atoms. The summed E-state index contributed by atoms with van der Waals surface area (Å²) in [4.78, 5) is 38.5. The molecule has 1 unspecified atom stereocenters. The molecule has 2 atom stereocenters. The summed E-state index contributed by atoms with van der Waals surface area (Å²) in [7, 11) is 0. The molecule has 1 saturated heterocycles. The van der Waals surface area contributed by atoms with Crippen molar-refractivity contribution in [1.29, 1.82) is 0 Å². The van der Waals surface area contributed by atoms with Crippen LogP contribution < -0.4 is 5.73 Å². The molecule has 9 nitrogen and oxygen atoms in total. The number of piperidine rings is 1. The van der Waals surface area contributed by atoms with Gasteiger partial charge in [0.05, 0.1) is 12.2 Å². The van der Waals surface area contributed by atoms with Gasteiger partial charge in [0, 0.05) is 61.9 Å². The number of hydrogen-bond acceptors (Lipinski definition) is 7. The van der Waals surface area contributed by atoms with Crippen molar-refractivity contribution in [3.05, 3.63) is 41.5 Å². The Labute approximate surface area is 214 Å². The van der Waals surface area contributed by atoms with E-state index in [1.54, 1.807) is 0 Å². The van der Waals surface area contributed by atoms with E-state index in [2.05, 4.69) is 15.0 Å². The number of aliphatic hydroxyl groups is 1. The normalized spacial score (nSPS) is 20.2. The van der Waals surface area contributed by atoms with E-state index in [9.17, 15) is 36.6 Å². The maximum atomic E-state index is 13.8. The Bertz CT molecular complexity index is 1150. The number of hydrogen-bond donors (Lipinski definition) is 2. The van der Waals surface area contributed by atoms with Crippen molar-refractivity contribution in [2.75, 3.05) is 13.1 Å². The fourth-order valence-electron chi connectivity index (χ4n) is 4.29. The van der Waals surface area contributed by atoms with E-state index in [0.29, 0.717) is 10.5 Å². The molecule has 4 rings (SSSR count). The third-order valence-corrected chi connectivity index (χ3v) is 6.16. The van der Waals surface area contributed by atoms with Crippen molar-refractivity contribution in [3.8, 4) is 11.4 Å². The average molecular weight is 551 g/mol. The lowest BCUT2D eigenvalue weighted by Crippen LogP contribution is -2.58. The summed E-state index contributed by atoms with van der Waals surface area (Å²) < 4.78 is 68.8. The average Bonchev–Trinajstić information content (AvgIpc) is 2.83. The highest BCUT2D eigenvalue weighted by Gasteiger charge is 2.48. The Morgan fingerprint density at radius 2 is 1.89 bits per heavy atom. The fourth-order valence-corrected chi connectivity index (χ4v) is 4.29. The summed E-state index contributed by atoms with van der Waals surface area (Å²) >= 11 is 0. The molecule has 1 fully saturated rings. The highest BCUT2D eigenvalue weighted by atomic mass is 35.5. The smallest absolute Gasteiger partial charge is 0.368 e. The minimum Gasteiger partial charge on any atom is -0.368 e. The molecule has 202 valence electrons. The van der Waals surface area contributed by atoms with Crippen LogP contribution >= 0.6 is 12.4 Å². The molecule has 0 spiro atoms. The monoisotopic (exact) mass is 550 g/mol. The van der Waals surface area contributed by atoms with Crippen LogP contribution in [-0.2, 0) is 28.7 Å². The van der Waals surface area contributed by atoms with Gasteiger partial charge in [-0.05, 0) is 18.6 Å². The van der Waals surface area contributed by atoms with Crippen molar-refractivity contribution in [1.82, 2.24) is 24.8 Å². The highest BCUT2D eigenvalue weighted by Crippen LogP contribution is 2.35. The van der Waals surface area contributed by atoms with Crippen LogP contribution in [0.2, 0.25) is 0 Å². The molecular formula is C22H24ClF5N6O3. The predicted octanol–water partition coefficient (Wildman–Crippen LogP) is 2.16. The number of pyridine rings is 1. The lowest BCUT2D eigenvalue weighted by molar-refractivity contribution is -0.205. The molecule has 2 aliphatic rings. The summed E-state index contributed by atoms with van der Waals surface area (Å²) in [5.74, 6) is -4.90. The van der Waals surface area contributed by atoms with Gasteiger partial charge in [0.2, 0.25) is 11.8 Å². The number of aromatic nitrogens is 3. The molecule has 0 aliphatic carbocycles. The molecule has 37 heavy (non-hydrogen) atoms. The van der Waals surface area contributed by atoms with Crippen LogP contribution in [0, 0.1) is 0 Å². The second-order valence-electron chi connectivity index (χ2n) is 8.77. The fraction of sp³-hybridized carbons (Fsp3) is 0.500. The number of amides is 2. The van der Waals surface area contributed by atoms with Crippen molar-refractivity contribution in [2.45, 2.75) is 56.6 Å². The van der Waals surface area contributed by atoms with E-state index in [-0.39, 0.29) is 55.4 Å². The number of halogens is 6. The summed E-state index contributed by atoms with van der Waals surface area (Å²) in [5, 5.41) is 9.81. The lowest BCUT2D eigenvalue weighted by atomic mass is 10.0. The number of carbonyl (C=O) groups excluding carboxylic acids is 2. The minimum atomic E-state index is -4.73. The van der Waals surface area contributed by atoms with E-state index in [1.165, 1.54) is 29.4 Å². The maximum absolute atomic E-state index is 13.8. The number of likely N-dealkylation sites (tertiary alicyclic amines) is 1. The molecule has 2 aromatic rings. The highest BCUT2D eigenvalue weighted by molar-refractivity contribution is 5.85. The number of aliphatic hydroxyl groups excluding tert-OH is 1. The van der Waals surface area contributed by atoms with Crippen LogP contribution in [0.1, 0.15) is 36.2 Å². The molecule has 0 radical (unpaired) electrons. The first kappa shape index (κ1) is 28.6. The molecule has 15 heteroatoms. The number of carbonyl (C=O) groups is 2. The minimum absolute atomic E-state index is 0. The van der Waals surface area contributed by atoms with Crippen LogP contribution in [0.3, 0.4) is 0 Å². The third kappa shape index (κ3) is 6.13. The SMILES string of the molecule is Cl.N[C@@H](CC(=O)N1CCc2c(nc(-c3ccncc3)nc2C(F)(F)F)C1)CN1C(=O)CCC(F)(F)C1O. The van der Waals surface area contributed by atoms with Crippen LogP contribution in [0.15, 0.2) is 24.5 Å². The quantitative estimate of drug-likeness (QED) is 0.546. The molecule has 2 aromatic heterocycles. The summed E-state index contributed by atoms with van der Waals surface area (Å²) in [6.07, 6.45) is -6.05. The number of nitrogens with two attached hydrogens (primary N) is 1. The van der Waals surface area contributed by atoms with Crippen LogP contribution in [-0.4, -0.2) is 73.0 Å². The van der Waals surface area contributed by atoms with Gasteiger partial charge in [-0.2, -0.15) is 13.2 Å². The molecule has 0 saturated carbocycles. The lowest BCUT2D eigenvalue weighted by Gasteiger charge is -2.38. The van der Waals surface area contributed by atoms with Gasteiger partial charge >= 0.3 is 6.18 Å². The molecule has 3 N–H and O–H groups in total. The van der Waals surface area contributed by atoms with Crippen molar-refractivity contribution in [2.24, 2.45) is 5.73 Å². The molecule has 2 aliphatic heterocycles. The topological polar surface area (TPSA) is 126 Å². The van der Waals surface area contributed by atoms with Crippen LogP contribution in [0.4, 0.5) is 22.0 Å². The first-order valence-electron chi connectivity index (χ1n) is 11.1. The van der Waals surface area contributed by atoms with Gasteiger partial charge in [-0.3, -0.25) is 14.6 Å². The number of fused-ring (bicyclic) bond motifs is 1. The summed E-state index contributed by atoms with van der Waals surface area (Å²) in [5.41, 5.74) is 5.12. The zero-order valence-corrected chi connectivity index (χ0v) is 20.1. The van der Waals surface area contributed by atoms with Gasteiger partial charge in [-0.1, -0.05) is 0 Å². The molecular weight excluding hydrogens is 527 g/mol. The van der Waals surface area contributed by atoms with Gasteiger partial charge in [0.1, 0.15) is 0 Å².